The SMILES string of the molecule is CC(=O)NC(Cc1c[nH]c2ccccc12)C(=O)NCC(=O)Nc1c(C)cccc1C. The first-order valence-electron chi connectivity index (χ1n) is 9.81. The Balaban J connectivity index is 1.65. The lowest BCUT2D eigenvalue weighted by atomic mass is 10.0. The Morgan fingerprint density at radius 1 is 1.00 bits per heavy atom. The lowest BCUT2D eigenvalue weighted by molar-refractivity contribution is -0.129. The summed E-state index contributed by atoms with van der Waals surface area (Å²) in [5.41, 5.74) is 4.52. The van der Waals surface area contributed by atoms with Gasteiger partial charge in [0.2, 0.25) is 17.7 Å². The topological polar surface area (TPSA) is 103 Å². The summed E-state index contributed by atoms with van der Waals surface area (Å²) < 4.78 is 0. The first-order chi connectivity index (χ1) is 14.3. The molecule has 0 aliphatic carbocycles. The van der Waals surface area contributed by atoms with Gasteiger partial charge in [0.05, 0.1) is 6.54 Å². The molecule has 3 aromatic rings. The van der Waals surface area contributed by atoms with Gasteiger partial charge in [0.15, 0.2) is 0 Å². The minimum atomic E-state index is -0.783. The van der Waals surface area contributed by atoms with Crippen molar-refractivity contribution in [2.45, 2.75) is 33.2 Å². The third kappa shape index (κ3) is 5.05. The van der Waals surface area contributed by atoms with Gasteiger partial charge in [0, 0.05) is 36.1 Å². The number of nitrogens with one attached hydrogen (secondary N) is 4. The maximum Gasteiger partial charge on any atom is 0.243 e. The third-order valence-corrected chi connectivity index (χ3v) is 4.96. The standard InChI is InChI=1S/C23H26N4O3/c1-14-7-6-8-15(2)22(14)27-21(29)13-25-23(30)20(26-16(3)28)11-17-12-24-19-10-5-4-9-18(17)19/h4-10,12,20,24H,11,13H2,1-3H3,(H,25,30)(H,26,28)(H,27,29). The van der Waals surface area contributed by atoms with Crippen LogP contribution >= 0.6 is 0 Å². The van der Waals surface area contributed by atoms with E-state index in [0.29, 0.717) is 6.42 Å². The lowest BCUT2D eigenvalue weighted by Crippen LogP contribution is -2.49. The van der Waals surface area contributed by atoms with Gasteiger partial charge in [-0.3, -0.25) is 14.4 Å². The molecule has 1 aromatic heterocycles. The van der Waals surface area contributed by atoms with Gasteiger partial charge in [-0.05, 0) is 36.6 Å². The Labute approximate surface area is 175 Å². The number of fused-ring (bicyclic) bond motifs is 1. The number of aromatic nitrogens is 1. The molecule has 3 amide bonds. The quantitative estimate of drug-likeness (QED) is 0.485. The van der Waals surface area contributed by atoms with Gasteiger partial charge >= 0.3 is 0 Å². The number of benzene rings is 2. The van der Waals surface area contributed by atoms with Crippen molar-refractivity contribution in [3.8, 4) is 0 Å². The van der Waals surface area contributed by atoms with E-state index in [1.807, 2.05) is 62.5 Å². The fourth-order valence-corrected chi connectivity index (χ4v) is 3.46. The summed E-state index contributed by atoms with van der Waals surface area (Å²) in [6, 6.07) is 12.7. The molecule has 2 aromatic carbocycles. The number of anilines is 1. The van der Waals surface area contributed by atoms with Crippen LogP contribution in [0.15, 0.2) is 48.7 Å². The van der Waals surface area contributed by atoms with E-state index in [2.05, 4.69) is 20.9 Å². The molecular weight excluding hydrogens is 380 g/mol. The fourth-order valence-electron chi connectivity index (χ4n) is 3.46. The van der Waals surface area contributed by atoms with Crippen molar-refractivity contribution < 1.29 is 14.4 Å². The second-order valence-electron chi connectivity index (χ2n) is 7.35. The molecule has 3 rings (SSSR count). The molecule has 0 aliphatic rings. The Morgan fingerprint density at radius 2 is 1.70 bits per heavy atom. The highest BCUT2D eigenvalue weighted by Gasteiger charge is 2.22. The number of rotatable bonds is 7. The Hall–Kier alpha value is -3.61. The summed E-state index contributed by atoms with van der Waals surface area (Å²) in [6.45, 7) is 5.00. The molecule has 1 atom stereocenters. The van der Waals surface area contributed by atoms with Gasteiger partial charge in [0.25, 0.3) is 0 Å². The van der Waals surface area contributed by atoms with Gasteiger partial charge in [-0.1, -0.05) is 36.4 Å². The molecule has 0 saturated heterocycles. The zero-order chi connectivity index (χ0) is 21.7. The normalized spacial score (nSPS) is 11.7. The molecule has 7 nitrogen and oxygen atoms in total. The van der Waals surface area contributed by atoms with E-state index in [1.54, 1.807) is 0 Å². The maximum atomic E-state index is 12.7. The average molecular weight is 406 g/mol. The monoisotopic (exact) mass is 406 g/mol. The minimum absolute atomic E-state index is 0.184. The molecular formula is C23H26N4O3. The predicted molar refractivity (Wildman–Crippen MR) is 117 cm³/mol. The molecule has 0 fully saturated rings. The van der Waals surface area contributed by atoms with Crippen molar-refractivity contribution in [3.05, 3.63) is 65.4 Å². The van der Waals surface area contributed by atoms with Crippen molar-refractivity contribution in [1.29, 1.82) is 0 Å². The summed E-state index contributed by atoms with van der Waals surface area (Å²) >= 11 is 0. The van der Waals surface area contributed by atoms with Crippen molar-refractivity contribution >= 4 is 34.3 Å². The molecule has 1 heterocycles. The molecule has 0 spiro atoms. The fraction of sp³-hybridized carbons (Fsp3) is 0.261. The van der Waals surface area contributed by atoms with E-state index in [4.69, 9.17) is 0 Å². The van der Waals surface area contributed by atoms with Crippen LogP contribution in [-0.2, 0) is 20.8 Å². The molecule has 0 aliphatic heterocycles. The molecule has 7 heteroatoms. The number of hydrogen-bond acceptors (Lipinski definition) is 3. The Morgan fingerprint density at radius 3 is 2.40 bits per heavy atom. The molecule has 0 bridgehead atoms. The number of para-hydroxylation sites is 2. The third-order valence-electron chi connectivity index (χ3n) is 4.96. The molecule has 0 saturated carbocycles. The number of carbonyl (C=O) groups excluding carboxylic acids is 3. The van der Waals surface area contributed by atoms with E-state index < -0.39 is 11.9 Å². The van der Waals surface area contributed by atoms with Crippen LogP contribution < -0.4 is 16.0 Å². The number of hydrogen-bond donors (Lipinski definition) is 4. The van der Waals surface area contributed by atoms with E-state index >= 15 is 0 Å². The highest BCUT2D eigenvalue weighted by Crippen LogP contribution is 2.20. The van der Waals surface area contributed by atoms with Crippen LogP contribution in [0.1, 0.15) is 23.6 Å². The largest absolute Gasteiger partial charge is 0.361 e. The van der Waals surface area contributed by atoms with Crippen molar-refractivity contribution in [3.63, 3.8) is 0 Å². The van der Waals surface area contributed by atoms with Crippen LogP contribution in [0.3, 0.4) is 0 Å². The first kappa shape index (κ1) is 21.1. The Kier molecular flexibility index (Phi) is 6.51. The van der Waals surface area contributed by atoms with Crippen molar-refractivity contribution in [2.24, 2.45) is 0 Å². The van der Waals surface area contributed by atoms with E-state index in [-0.39, 0.29) is 18.4 Å². The van der Waals surface area contributed by atoms with Gasteiger partial charge in [-0.2, -0.15) is 0 Å². The van der Waals surface area contributed by atoms with E-state index in [9.17, 15) is 14.4 Å². The van der Waals surface area contributed by atoms with Crippen LogP contribution in [0.4, 0.5) is 5.69 Å². The maximum absolute atomic E-state index is 12.7. The van der Waals surface area contributed by atoms with Gasteiger partial charge in [-0.25, -0.2) is 0 Å². The summed E-state index contributed by atoms with van der Waals surface area (Å²) in [6.07, 6.45) is 2.15. The molecule has 156 valence electrons. The van der Waals surface area contributed by atoms with Gasteiger partial charge < -0.3 is 20.9 Å². The minimum Gasteiger partial charge on any atom is -0.361 e. The summed E-state index contributed by atoms with van der Waals surface area (Å²) in [5.74, 6) is -1.04. The average Bonchev–Trinajstić information content (AvgIpc) is 3.11. The first-order valence-corrected chi connectivity index (χ1v) is 9.81. The number of amides is 3. The van der Waals surface area contributed by atoms with Crippen LogP contribution in [0, 0.1) is 13.8 Å². The summed E-state index contributed by atoms with van der Waals surface area (Å²) in [7, 11) is 0. The number of aryl methyl sites for hydroxylation is 2. The van der Waals surface area contributed by atoms with Gasteiger partial charge in [0.1, 0.15) is 6.04 Å². The number of carbonyl (C=O) groups is 3. The predicted octanol–water partition coefficient (Wildman–Crippen LogP) is 2.59. The van der Waals surface area contributed by atoms with Gasteiger partial charge in [-0.15, -0.1) is 0 Å². The van der Waals surface area contributed by atoms with E-state index in [1.165, 1.54) is 6.92 Å². The van der Waals surface area contributed by atoms with Crippen molar-refractivity contribution in [1.82, 2.24) is 15.6 Å². The number of aromatic amines is 1. The Bertz CT molecular complexity index is 1070. The highest BCUT2D eigenvalue weighted by atomic mass is 16.2. The summed E-state index contributed by atoms with van der Waals surface area (Å²) in [4.78, 5) is 39.8. The smallest absolute Gasteiger partial charge is 0.243 e. The summed E-state index contributed by atoms with van der Waals surface area (Å²) in [5, 5.41) is 9.14. The second kappa shape index (κ2) is 9.26. The van der Waals surface area contributed by atoms with Crippen molar-refractivity contribution in [2.75, 3.05) is 11.9 Å². The van der Waals surface area contributed by atoms with Crippen LogP contribution in [0.2, 0.25) is 0 Å². The zero-order valence-electron chi connectivity index (χ0n) is 17.3. The second-order valence-corrected chi connectivity index (χ2v) is 7.35. The van der Waals surface area contributed by atoms with E-state index in [0.717, 1.165) is 33.3 Å². The van der Waals surface area contributed by atoms with Crippen LogP contribution in [0.5, 0.6) is 0 Å². The molecule has 4 N–H and O–H groups in total. The van der Waals surface area contributed by atoms with Crippen LogP contribution in [-0.4, -0.2) is 35.3 Å². The zero-order valence-corrected chi connectivity index (χ0v) is 17.3. The molecule has 0 radical (unpaired) electrons. The highest BCUT2D eigenvalue weighted by molar-refractivity contribution is 5.97. The molecule has 1 unspecified atom stereocenters. The number of H-pyrrole nitrogens is 1. The lowest BCUT2D eigenvalue weighted by Gasteiger charge is -2.18. The molecule has 30 heavy (non-hydrogen) atoms. The van der Waals surface area contributed by atoms with Crippen LogP contribution in [0.25, 0.3) is 10.9 Å².